The minimum Gasteiger partial charge on any atom is -0.493 e. The fourth-order valence-corrected chi connectivity index (χ4v) is 4.79. The van der Waals surface area contributed by atoms with Crippen LogP contribution in [0.1, 0.15) is 44.2 Å². The zero-order chi connectivity index (χ0) is 15.0. The van der Waals surface area contributed by atoms with E-state index in [1.165, 1.54) is 30.4 Å². The highest BCUT2D eigenvalue weighted by Gasteiger charge is 2.31. The highest BCUT2D eigenvalue weighted by Crippen LogP contribution is 2.41. The van der Waals surface area contributed by atoms with Gasteiger partial charge in [-0.25, -0.2) is 0 Å². The average Bonchev–Trinajstić information content (AvgIpc) is 2.89. The van der Waals surface area contributed by atoms with Crippen LogP contribution in [0.5, 0.6) is 5.75 Å². The minimum absolute atomic E-state index is 0.628. The van der Waals surface area contributed by atoms with Crippen LogP contribution in [-0.4, -0.2) is 11.4 Å². The van der Waals surface area contributed by atoms with E-state index in [9.17, 15) is 0 Å². The van der Waals surface area contributed by atoms with E-state index in [1.807, 2.05) is 0 Å². The van der Waals surface area contributed by atoms with E-state index < -0.39 is 0 Å². The molecule has 3 rings (SSSR count). The van der Waals surface area contributed by atoms with E-state index >= 15 is 0 Å². The molecule has 116 valence electrons. The zero-order valence-electron chi connectivity index (χ0n) is 12.9. The van der Waals surface area contributed by atoms with Gasteiger partial charge in [-0.1, -0.05) is 41.4 Å². The van der Waals surface area contributed by atoms with Gasteiger partial charge in [0, 0.05) is 16.3 Å². The molecule has 3 heteroatoms. The maximum absolute atomic E-state index is 6.29. The monoisotopic (exact) mass is 370 g/mol. The van der Waals surface area contributed by atoms with Gasteiger partial charge in [-0.15, -0.1) is 0 Å². The van der Waals surface area contributed by atoms with Gasteiger partial charge >= 0.3 is 0 Å². The average molecular weight is 372 g/mol. The van der Waals surface area contributed by atoms with Gasteiger partial charge in [0.15, 0.2) is 0 Å². The topological polar surface area (TPSA) is 9.23 Å². The SMILES string of the molecule is CC(C)C1CCC(Br)C(Cc2cc(Cl)cc3c2OCC3)C1. The van der Waals surface area contributed by atoms with Crippen LogP contribution in [0.2, 0.25) is 5.02 Å². The van der Waals surface area contributed by atoms with E-state index in [0.29, 0.717) is 10.7 Å². The standard InChI is InChI=1S/C18H24BrClO/c1-11(2)12-3-4-17(19)14(7-12)8-15-10-16(20)9-13-5-6-21-18(13)15/h9-12,14,17H,3-8H2,1-2H3. The summed E-state index contributed by atoms with van der Waals surface area (Å²) in [6.45, 7) is 5.52. The van der Waals surface area contributed by atoms with Crippen LogP contribution in [0.15, 0.2) is 12.1 Å². The van der Waals surface area contributed by atoms with Crippen molar-refractivity contribution in [1.29, 1.82) is 0 Å². The van der Waals surface area contributed by atoms with Crippen molar-refractivity contribution in [2.75, 3.05) is 6.61 Å². The molecule has 1 aliphatic heterocycles. The summed E-state index contributed by atoms with van der Waals surface area (Å²) in [5.41, 5.74) is 2.61. The molecule has 0 N–H and O–H groups in total. The van der Waals surface area contributed by atoms with Gasteiger partial charge in [0.1, 0.15) is 5.75 Å². The predicted octanol–water partition coefficient (Wildman–Crippen LogP) is 5.65. The molecular weight excluding hydrogens is 348 g/mol. The predicted molar refractivity (Wildman–Crippen MR) is 92.7 cm³/mol. The maximum atomic E-state index is 6.29. The molecular formula is C18H24BrClO. The van der Waals surface area contributed by atoms with E-state index in [1.54, 1.807) is 0 Å². The van der Waals surface area contributed by atoms with Crippen LogP contribution < -0.4 is 4.74 Å². The van der Waals surface area contributed by atoms with Gasteiger partial charge in [0.05, 0.1) is 6.61 Å². The van der Waals surface area contributed by atoms with Gasteiger partial charge in [0.2, 0.25) is 0 Å². The second-order valence-corrected chi connectivity index (χ2v) is 8.56. The van der Waals surface area contributed by atoms with E-state index in [4.69, 9.17) is 16.3 Å². The molecule has 0 aromatic heterocycles. The van der Waals surface area contributed by atoms with Crippen molar-refractivity contribution in [3.63, 3.8) is 0 Å². The Morgan fingerprint density at radius 2 is 2.14 bits per heavy atom. The Hall–Kier alpha value is -0.210. The van der Waals surface area contributed by atoms with Crippen molar-refractivity contribution in [2.24, 2.45) is 17.8 Å². The molecule has 1 aliphatic carbocycles. The summed E-state index contributed by atoms with van der Waals surface area (Å²) in [6.07, 6.45) is 6.04. The third-order valence-electron chi connectivity index (χ3n) is 5.18. The quantitative estimate of drug-likeness (QED) is 0.623. The van der Waals surface area contributed by atoms with Crippen LogP contribution in [0.3, 0.4) is 0 Å². The maximum Gasteiger partial charge on any atom is 0.125 e. The lowest BCUT2D eigenvalue weighted by Gasteiger charge is -2.35. The van der Waals surface area contributed by atoms with Crippen molar-refractivity contribution in [3.8, 4) is 5.75 Å². The Balaban J connectivity index is 1.79. The Morgan fingerprint density at radius 1 is 1.33 bits per heavy atom. The number of halogens is 2. The van der Waals surface area contributed by atoms with Crippen LogP contribution in [0.25, 0.3) is 0 Å². The molecule has 0 bridgehead atoms. The Morgan fingerprint density at radius 3 is 2.90 bits per heavy atom. The van der Waals surface area contributed by atoms with E-state index in [2.05, 4.69) is 41.9 Å². The summed E-state index contributed by atoms with van der Waals surface area (Å²) in [6, 6.07) is 4.18. The molecule has 0 saturated heterocycles. The molecule has 3 atom stereocenters. The number of alkyl halides is 1. The Kier molecular flexibility index (Phi) is 4.85. The highest BCUT2D eigenvalue weighted by molar-refractivity contribution is 9.09. The zero-order valence-corrected chi connectivity index (χ0v) is 15.2. The second-order valence-electron chi connectivity index (χ2n) is 6.95. The summed E-state index contributed by atoms with van der Waals surface area (Å²) in [4.78, 5) is 0.628. The van der Waals surface area contributed by atoms with Gasteiger partial charge in [-0.2, -0.15) is 0 Å². The lowest BCUT2D eigenvalue weighted by atomic mass is 9.74. The van der Waals surface area contributed by atoms with Gasteiger partial charge < -0.3 is 4.74 Å². The first kappa shape index (κ1) is 15.7. The smallest absolute Gasteiger partial charge is 0.125 e. The summed E-state index contributed by atoms with van der Waals surface area (Å²) in [5.74, 6) is 3.45. The molecule has 2 aliphatic rings. The first-order valence-electron chi connectivity index (χ1n) is 8.12. The molecule has 1 aromatic rings. The number of hydrogen-bond acceptors (Lipinski definition) is 1. The van der Waals surface area contributed by atoms with Gasteiger partial charge in [-0.3, -0.25) is 0 Å². The molecule has 0 amide bonds. The van der Waals surface area contributed by atoms with Crippen molar-refractivity contribution in [2.45, 2.75) is 50.8 Å². The van der Waals surface area contributed by atoms with Gasteiger partial charge in [0.25, 0.3) is 0 Å². The molecule has 3 unspecified atom stereocenters. The summed E-state index contributed by atoms with van der Waals surface area (Å²) in [7, 11) is 0. The van der Waals surface area contributed by atoms with Crippen molar-refractivity contribution in [1.82, 2.24) is 0 Å². The van der Waals surface area contributed by atoms with Gasteiger partial charge in [-0.05, 0) is 66.7 Å². The highest BCUT2D eigenvalue weighted by atomic mass is 79.9. The van der Waals surface area contributed by atoms with Crippen LogP contribution >= 0.6 is 27.5 Å². The van der Waals surface area contributed by atoms with E-state index in [0.717, 1.165) is 42.1 Å². The molecule has 0 radical (unpaired) electrons. The summed E-state index contributed by atoms with van der Waals surface area (Å²) >= 11 is 10.2. The minimum atomic E-state index is 0.628. The Bertz CT molecular complexity index is 514. The Labute approximate surface area is 141 Å². The first-order valence-corrected chi connectivity index (χ1v) is 9.42. The molecule has 1 nitrogen and oxygen atoms in total. The molecule has 21 heavy (non-hydrogen) atoms. The lowest BCUT2D eigenvalue weighted by molar-refractivity contribution is 0.221. The second kappa shape index (κ2) is 6.50. The first-order chi connectivity index (χ1) is 10.0. The molecule has 1 heterocycles. The van der Waals surface area contributed by atoms with Crippen molar-refractivity contribution in [3.05, 3.63) is 28.3 Å². The molecule has 1 fully saturated rings. The third-order valence-corrected chi connectivity index (χ3v) is 6.60. The number of benzene rings is 1. The van der Waals surface area contributed by atoms with Crippen LogP contribution in [-0.2, 0) is 12.8 Å². The van der Waals surface area contributed by atoms with Crippen molar-refractivity contribution < 1.29 is 4.74 Å². The lowest BCUT2D eigenvalue weighted by Crippen LogP contribution is -2.29. The number of rotatable bonds is 3. The summed E-state index contributed by atoms with van der Waals surface area (Å²) < 4.78 is 5.86. The fraction of sp³-hybridized carbons (Fsp3) is 0.667. The van der Waals surface area contributed by atoms with E-state index in [-0.39, 0.29) is 0 Å². The van der Waals surface area contributed by atoms with Crippen LogP contribution in [0.4, 0.5) is 0 Å². The number of ether oxygens (including phenoxy) is 1. The fourth-order valence-electron chi connectivity index (χ4n) is 3.86. The number of hydrogen-bond donors (Lipinski definition) is 0. The normalized spacial score (nSPS) is 28.5. The molecule has 1 saturated carbocycles. The van der Waals surface area contributed by atoms with Crippen molar-refractivity contribution >= 4 is 27.5 Å². The van der Waals surface area contributed by atoms with Crippen LogP contribution in [0, 0.1) is 17.8 Å². The largest absolute Gasteiger partial charge is 0.493 e. The third kappa shape index (κ3) is 3.42. The summed E-state index contributed by atoms with van der Waals surface area (Å²) in [5, 5.41) is 0.858. The molecule has 1 aromatic carbocycles. The molecule has 0 spiro atoms. The number of fused-ring (bicyclic) bond motifs is 1.